The summed E-state index contributed by atoms with van der Waals surface area (Å²) in [5, 5.41) is 0. The lowest BCUT2D eigenvalue weighted by atomic mass is 10.0. The molecule has 0 aliphatic rings. The zero-order valence-electron chi connectivity index (χ0n) is 15.1. The number of imidazole rings is 1. The number of alkyl halides is 2. The lowest BCUT2D eigenvalue weighted by molar-refractivity contribution is 0.0993. The van der Waals surface area contributed by atoms with Crippen LogP contribution in [-0.2, 0) is 0 Å². The lowest BCUT2D eigenvalue weighted by Gasteiger charge is -2.21. The molecular weight excluding hydrogens is 360 g/mol. The van der Waals surface area contributed by atoms with Crippen molar-refractivity contribution in [2.24, 2.45) is 0 Å². The molecule has 3 aromatic carbocycles. The maximum atomic E-state index is 13.1. The van der Waals surface area contributed by atoms with Crippen LogP contribution in [0.1, 0.15) is 22.6 Å². The maximum absolute atomic E-state index is 13.1. The number of para-hydroxylation sites is 1. The highest BCUT2D eigenvalue weighted by Gasteiger charge is 2.19. The Morgan fingerprint density at radius 3 is 2.46 bits per heavy atom. The first-order valence-corrected chi connectivity index (χ1v) is 8.75. The normalized spacial score (nSPS) is 11.1. The van der Waals surface area contributed by atoms with Crippen LogP contribution in [0.2, 0.25) is 0 Å². The molecule has 4 nitrogen and oxygen atoms in total. The van der Waals surface area contributed by atoms with Crippen molar-refractivity contribution < 1.29 is 13.6 Å². The van der Waals surface area contributed by atoms with Crippen molar-refractivity contribution in [3.63, 3.8) is 0 Å². The van der Waals surface area contributed by atoms with Crippen molar-refractivity contribution in [2.75, 3.05) is 11.9 Å². The van der Waals surface area contributed by atoms with Crippen LogP contribution in [0.5, 0.6) is 0 Å². The molecule has 0 saturated carbocycles. The molecular formula is C22H17F2N3O. The van der Waals surface area contributed by atoms with Gasteiger partial charge in [0.25, 0.3) is 12.3 Å². The number of carbonyl (C=O) groups excluding carboxylic acids is 1. The van der Waals surface area contributed by atoms with Crippen LogP contribution >= 0.6 is 0 Å². The van der Waals surface area contributed by atoms with Gasteiger partial charge in [-0.15, -0.1) is 0 Å². The number of amides is 1. The number of carbonyl (C=O) groups is 1. The van der Waals surface area contributed by atoms with Gasteiger partial charge in [-0.25, -0.2) is 13.8 Å². The molecule has 1 amide bonds. The van der Waals surface area contributed by atoms with Crippen LogP contribution in [0.3, 0.4) is 0 Å². The summed E-state index contributed by atoms with van der Waals surface area (Å²) in [6, 6.07) is 22.2. The van der Waals surface area contributed by atoms with Gasteiger partial charge in [0.05, 0.1) is 16.7 Å². The van der Waals surface area contributed by atoms with E-state index in [1.807, 2.05) is 54.6 Å². The summed E-state index contributed by atoms with van der Waals surface area (Å²) in [5.41, 5.74) is 3.90. The number of aromatic nitrogens is 2. The van der Waals surface area contributed by atoms with Gasteiger partial charge in [-0.2, -0.15) is 0 Å². The fourth-order valence-electron chi connectivity index (χ4n) is 3.20. The molecule has 0 saturated heterocycles. The molecule has 4 aromatic rings. The number of rotatable bonds is 4. The van der Waals surface area contributed by atoms with Gasteiger partial charge in [-0.1, -0.05) is 48.5 Å². The first-order valence-electron chi connectivity index (χ1n) is 8.75. The summed E-state index contributed by atoms with van der Waals surface area (Å²) in [5.74, 6) is -0.638. The Kier molecular flexibility index (Phi) is 4.61. The summed E-state index contributed by atoms with van der Waals surface area (Å²) in [7, 11) is 1.70. The summed E-state index contributed by atoms with van der Waals surface area (Å²) in [6.45, 7) is 0. The van der Waals surface area contributed by atoms with Crippen molar-refractivity contribution >= 4 is 22.6 Å². The van der Waals surface area contributed by atoms with Gasteiger partial charge in [0.15, 0.2) is 5.82 Å². The fraction of sp³-hybridized carbons (Fsp3) is 0.0909. The highest BCUT2D eigenvalue weighted by atomic mass is 19.3. The third kappa shape index (κ3) is 3.24. The van der Waals surface area contributed by atoms with Crippen molar-refractivity contribution in [1.29, 1.82) is 0 Å². The van der Waals surface area contributed by atoms with E-state index in [4.69, 9.17) is 0 Å². The van der Waals surface area contributed by atoms with Crippen LogP contribution in [-0.4, -0.2) is 22.9 Å². The smallest absolute Gasteiger partial charge is 0.295 e. The number of benzene rings is 3. The van der Waals surface area contributed by atoms with E-state index < -0.39 is 12.2 Å². The molecule has 0 atom stereocenters. The Bertz CT molecular complexity index is 1140. The number of anilines is 1. The van der Waals surface area contributed by atoms with Gasteiger partial charge in [0, 0.05) is 18.2 Å². The van der Waals surface area contributed by atoms with E-state index >= 15 is 0 Å². The van der Waals surface area contributed by atoms with Crippen molar-refractivity contribution in [3.05, 3.63) is 84.2 Å². The minimum absolute atomic E-state index is 0.238. The van der Waals surface area contributed by atoms with E-state index in [0.717, 1.165) is 16.8 Å². The molecule has 0 bridgehead atoms. The van der Waals surface area contributed by atoms with Crippen molar-refractivity contribution in [2.45, 2.75) is 6.43 Å². The minimum atomic E-state index is -2.69. The van der Waals surface area contributed by atoms with Gasteiger partial charge in [-0.3, -0.25) is 4.79 Å². The number of fused-ring (bicyclic) bond motifs is 1. The number of H-pyrrole nitrogens is 1. The molecule has 0 fully saturated rings. The first-order chi connectivity index (χ1) is 13.5. The Hall–Kier alpha value is -3.54. The van der Waals surface area contributed by atoms with Crippen LogP contribution in [0.15, 0.2) is 72.8 Å². The van der Waals surface area contributed by atoms with Gasteiger partial charge in [-0.05, 0) is 29.8 Å². The number of aromatic amines is 1. The highest BCUT2D eigenvalue weighted by Crippen LogP contribution is 2.31. The highest BCUT2D eigenvalue weighted by molar-refractivity contribution is 6.09. The molecule has 1 N–H and O–H groups in total. The summed E-state index contributed by atoms with van der Waals surface area (Å²) in [4.78, 5) is 21.0. The Morgan fingerprint density at radius 1 is 1.00 bits per heavy atom. The van der Waals surface area contributed by atoms with E-state index in [9.17, 15) is 13.6 Å². The van der Waals surface area contributed by atoms with Crippen LogP contribution in [0.25, 0.3) is 22.2 Å². The van der Waals surface area contributed by atoms with E-state index in [1.165, 1.54) is 0 Å². The summed E-state index contributed by atoms with van der Waals surface area (Å²) >= 11 is 0. The van der Waals surface area contributed by atoms with Crippen LogP contribution in [0, 0.1) is 0 Å². The third-order valence-corrected chi connectivity index (χ3v) is 4.61. The lowest BCUT2D eigenvalue weighted by Crippen LogP contribution is -2.26. The molecule has 0 aliphatic heterocycles. The topological polar surface area (TPSA) is 49.0 Å². The molecule has 28 heavy (non-hydrogen) atoms. The number of nitrogens with one attached hydrogen (secondary N) is 1. The predicted molar refractivity (Wildman–Crippen MR) is 106 cm³/mol. The summed E-state index contributed by atoms with van der Waals surface area (Å²) in [6.07, 6.45) is -2.69. The number of hydrogen-bond acceptors (Lipinski definition) is 2. The van der Waals surface area contributed by atoms with Gasteiger partial charge >= 0.3 is 0 Å². The average molecular weight is 377 g/mol. The van der Waals surface area contributed by atoms with E-state index in [0.29, 0.717) is 16.6 Å². The molecule has 1 heterocycles. The maximum Gasteiger partial charge on any atom is 0.295 e. The standard InChI is InChI=1S/C22H17F2N3O/c1-27(19-10-6-5-9-16(19)14-7-3-2-4-8-14)22(28)15-11-12-17-18(13-15)26-21(25-17)20(23)24/h2-13,20H,1H3,(H,25,26). The second kappa shape index (κ2) is 7.23. The Morgan fingerprint density at radius 2 is 1.71 bits per heavy atom. The van der Waals surface area contributed by atoms with E-state index in [1.54, 1.807) is 30.1 Å². The molecule has 0 unspecified atom stereocenters. The van der Waals surface area contributed by atoms with Gasteiger partial charge in [0.2, 0.25) is 0 Å². The molecule has 0 aliphatic carbocycles. The second-order valence-corrected chi connectivity index (χ2v) is 6.40. The fourth-order valence-corrected chi connectivity index (χ4v) is 3.20. The van der Waals surface area contributed by atoms with Crippen LogP contribution in [0.4, 0.5) is 14.5 Å². The van der Waals surface area contributed by atoms with Gasteiger partial charge < -0.3 is 9.88 Å². The first kappa shape index (κ1) is 17.9. The second-order valence-electron chi connectivity index (χ2n) is 6.40. The zero-order chi connectivity index (χ0) is 19.7. The largest absolute Gasteiger partial charge is 0.337 e. The number of halogens is 2. The minimum Gasteiger partial charge on any atom is -0.337 e. The van der Waals surface area contributed by atoms with E-state index in [2.05, 4.69) is 9.97 Å². The molecule has 1 aromatic heterocycles. The quantitative estimate of drug-likeness (QED) is 0.514. The SMILES string of the molecule is CN(C(=O)c1ccc2nc(C(F)F)[nH]c2c1)c1ccccc1-c1ccccc1. The number of nitrogens with zero attached hydrogens (tertiary/aromatic N) is 2. The monoisotopic (exact) mass is 377 g/mol. The Labute approximate surface area is 160 Å². The number of hydrogen-bond donors (Lipinski definition) is 1. The third-order valence-electron chi connectivity index (χ3n) is 4.61. The van der Waals surface area contributed by atoms with Crippen LogP contribution < -0.4 is 4.90 Å². The Balaban J connectivity index is 1.70. The predicted octanol–water partition coefficient (Wildman–Crippen LogP) is 5.44. The molecule has 0 spiro atoms. The molecule has 6 heteroatoms. The molecule has 4 rings (SSSR count). The van der Waals surface area contributed by atoms with E-state index in [-0.39, 0.29) is 5.91 Å². The van der Waals surface area contributed by atoms with Crippen molar-refractivity contribution in [1.82, 2.24) is 9.97 Å². The molecule has 0 radical (unpaired) electrons. The van der Waals surface area contributed by atoms with Gasteiger partial charge in [0.1, 0.15) is 0 Å². The molecule has 140 valence electrons. The zero-order valence-corrected chi connectivity index (χ0v) is 15.1. The van der Waals surface area contributed by atoms with Crippen molar-refractivity contribution in [3.8, 4) is 11.1 Å². The average Bonchev–Trinajstić information content (AvgIpc) is 3.17. The summed E-state index contributed by atoms with van der Waals surface area (Å²) < 4.78 is 25.7.